The minimum Gasteiger partial charge on any atom is -0.382 e. The van der Waals surface area contributed by atoms with Gasteiger partial charge < -0.3 is 10.6 Å². The summed E-state index contributed by atoms with van der Waals surface area (Å²) in [6.07, 6.45) is 3.17. The van der Waals surface area contributed by atoms with Gasteiger partial charge in [0, 0.05) is 18.7 Å². The summed E-state index contributed by atoms with van der Waals surface area (Å²) in [6.45, 7) is 1.51. The average molecular weight is 333 g/mol. The second-order valence-corrected chi connectivity index (χ2v) is 5.55. The number of piperidine rings is 1. The topological polar surface area (TPSA) is 118 Å². The lowest BCUT2D eigenvalue weighted by Gasteiger charge is -2.26. The van der Waals surface area contributed by atoms with E-state index in [9.17, 15) is 4.79 Å². The van der Waals surface area contributed by atoms with Gasteiger partial charge in [-0.2, -0.15) is 10.4 Å². The summed E-state index contributed by atoms with van der Waals surface area (Å²) < 4.78 is 0. The standard InChI is InChI=1S/C15H17ClN6O/c16-11-5-4-10(15(23)22-6-2-1-3-7-22)8-12(11)20-21-13(9-17)14(18)19/h4-5,8,20H,1-3,6-7H2,(H3,18,19)/b21-13+. The van der Waals surface area contributed by atoms with Crippen LogP contribution < -0.4 is 11.2 Å². The fourth-order valence-corrected chi connectivity index (χ4v) is 2.44. The van der Waals surface area contributed by atoms with Crippen LogP contribution in [0.2, 0.25) is 5.02 Å². The first kappa shape index (κ1) is 16.8. The van der Waals surface area contributed by atoms with Crippen LogP contribution in [-0.4, -0.2) is 35.4 Å². The van der Waals surface area contributed by atoms with Crippen LogP contribution in [0, 0.1) is 16.7 Å². The minimum atomic E-state index is -0.448. The highest BCUT2D eigenvalue weighted by molar-refractivity contribution is 6.46. The van der Waals surface area contributed by atoms with Gasteiger partial charge in [-0.1, -0.05) is 11.6 Å². The Morgan fingerprint density at radius 2 is 2.09 bits per heavy atom. The SMILES string of the molecule is N#C/C(=N\Nc1cc(C(=O)N2CCCCC2)ccc1Cl)C(=N)N. The number of rotatable bonds is 4. The van der Waals surface area contributed by atoms with E-state index in [-0.39, 0.29) is 11.6 Å². The summed E-state index contributed by atoms with van der Waals surface area (Å²) >= 11 is 6.07. The highest BCUT2D eigenvalue weighted by atomic mass is 35.5. The Hall–Kier alpha value is -2.59. The van der Waals surface area contributed by atoms with Crippen molar-refractivity contribution in [2.75, 3.05) is 18.5 Å². The first-order valence-electron chi connectivity index (χ1n) is 7.20. The molecule has 1 aromatic carbocycles. The first-order valence-corrected chi connectivity index (χ1v) is 7.57. The number of amides is 1. The highest BCUT2D eigenvalue weighted by Crippen LogP contribution is 2.24. The molecule has 0 atom stereocenters. The third-order valence-corrected chi connectivity index (χ3v) is 3.84. The van der Waals surface area contributed by atoms with Gasteiger partial charge in [-0.3, -0.25) is 15.6 Å². The summed E-state index contributed by atoms with van der Waals surface area (Å²) in [5, 5.41) is 20.1. The van der Waals surface area contributed by atoms with Crippen LogP contribution in [0.25, 0.3) is 0 Å². The Bertz CT molecular complexity index is 688. The Morgan fingerprint density at radius 1 is 1.39 bits per heavy atom. The van der Waals surface area contributed by atoms with E-state index in [0.29, 0.717) is 16.3 Å². The van der Waals surface area contributed by atoms with Gasteiger partial charge in [-0.15, -0.1) is 0 Å². The van der Waals surface area contributed by atoms with Crippen LogP contribution in [-0.2, 0) is 0 Å². The van der Waals surface area contributed by atoms with Crippen molar-refractivity contribution in [3.63, 3.8) is 0 Å². The molecule has 23 heavy (non-hydrogen) atoms. The van der Waals surface area contributed by atoms with Crippen LogP contribution in [0.15, 0.2) is 23.3 Å². The molecular weight excluding hydrogens is 316 g/mol. The largest absolute Gasteiger partial charge is 0.382 e. The number of carbonyl (C=O) groups is 1. The second-order valence-electron chi connectivity index (χ2n) is 5.15. The molecular formula is C15H17ClN6O. The fourth-order valence-electron chi connectivity index (χ4n) is 2.29. The van der Waals surface area contributed by atoms with Crippen molar-refractivity contribution < 1.29 is 4.79 Å². The number of hydrogen-bond acceptors (Lipinski definition) is 5. The van der Waals surface area contributed by atoms with Gasteiger partial charge >= 0.3 is 0 Å². The van der Waals surface area contributed by atoms with Crippen LogP contribution in [0.4, 0.5) is 5.69 Å². The molecule has 0 saturated carbocycles. The van der Waals surface area contributed by atoms with Crippen molar-refractivity contribution in [3.05, 3.63) is 28.8 Å². The summed E-state index contributed by atoms with van der Waals surface area (Å²) in [6, 6.07) is 6.53. The molecule has 120 valence electrons. The Balaban J connectivity index is 2.20. The lowest BCUT2D eigenvalue weighted by atomic mass is 10.1. The maximum atomic E-state index is 12.5. The van der Waals surface area contributed by atoms with Gasteiger partial charge in [0.25, 0.3) is 5.91 Å². The number of nitriles is 1. The molecule has 0 unspecified atom stereocenters. The van der Waals surface area contributed by atoms with Crippen LogP contribution in [0.1, 0.15) is 29.6 Å². The van der Waals surface area contributed by atoms with E-state index < -0.39 is 5.84 Å². The van der Waals surface area contributed by atoms with Crippen molar-refractivity contribution in [3.8, 4) is 6.07 Å². The van der Waals surface area contributed by atoms with Crippen molar-refractivity contribution >= 4 is 34.7 Å². The average Bonchev–Trinajstić information content (AvgIpc) is 2.56. The van der Waals surface area contributed by atoms with Crippen molar-refractivity contribution in [2.24, 2.45) is 10.8 Å². The predicted molar refractivity (Wildman–Crippen MR) is 89.8 cm³/mol. The van der Waals surface area contributed by atoms with Crippen molar-refractivity contribution in [2.45, 2.75) is 19.3 Å². The van der Waals surface area contributed by atoms with E-state index in [0.717, 1.165) is 32.4 Å². The molecule has 0 aromatic heterocycles. The lowest BCUT2D eigenvalue weighted by molar-refractivity contribution is 0.0724. The zero-order valence-electron chi connectivity index (χ0n) is 12.5. The molecule has 0 radical (unpaired) electrons. The summed E-state index contributed by atoms with van der Waals surface area (Å²) in [7, 11) is 0. The Kier molecular flexibility index (Phi) is 5.55. The van der Waals surface area contributed by atoms with Gasteiger partial charge in [0.05, 0.1) is 10.7 Å². The fraction of sp³-hybridized carbons (Fsp3) is 0.333. The molecule has 2 rings (SSSR count). The van der Waals surface area contributed by atoms with Gasteiger partial charge in [0.15, 0.2) is 5.84 Å². The molecule has 8 heteroatoms. The molecule has 1 saturated heterocycles. The predicted octanol–water partition coefficient (Wildman–Crippen LogP) is 2.19. The molecule has 4 N–H and O–H groups in total. The van der Waals surface area contributed by atoms with E-state index in [4.69, 9.17) is 28.0 Å². The highest BCUT2D eigenvalue weighted by Gasteiger charge is 2.19. The molecule has 7 nitrogen and oxygen atoms in total. The quantitative estimate of drug-likeness (QED) is 0.445. The monoisotopic (exact) mass is 332 g/mol. The second kappa shape index (κ2) is 7.61. The van der Waals surface area contributed by atoms with Crippen molar-refractivity contribution in [1.82, 2.24) is 4.90 Å². The third kappa shape index (κ3) is 4.20. The maximum absolute atomic E-state index is 12.5. The number of amidine groups is 1. The van der Waals surface area contributed by atoms with Gasteiger partial charge in [-0.25, -0.2) is 0 Å². The van der Waals surface area contributed by atoms with Crippen molar-refractivity contribution in [1.29, 1.82) is 10.7 Å². The smallest absolute Gasteiger partial charge is 0.253 e. The number of nitrogens with two attached hydrogens (primary N) is 1. The van der Waals surface area contributed by atoms with E-state index in [1.54, 1.807) is 24.3 Å². The number of carbonyl (C=O) groups excluding carboxylic acids is 1. The summed E-state index contributed by atoms with van der Waals surface area (Å²) in [5.74, 6) is -0.503. The molecule has 0 spiro atoms. The number of benzene rings is 1. The normalized spacial score (nSPS) is 15.0. The zero-order chi connectivity index (χ0) is 16.8. The molecule has 1 aliphatic heterocycles. The third-order valence-electron chi connectivity index (χ3n) is 3.51. The molecule has 0 aliphatic carbocycles. The van der Waals surface area contributed by atoms with Gasteiger partial charge in [0.1, 0.15) is 6.07 Å². The maximum Gasteiger partial charge on any atom is 0.253 e. The number of nitrogens with one attached hydrogen (secondary N) is 2. The molecule has 1 aliphatic rings. The number of anilines is 1. The van der Waals surface area contributed by atoms with Crippen LogP contribution in [0.3, 0.4) is 0 Å². The van der Waals surface area contributed by atoms with Gasteiger partial charge in [0.2, 0.25) is 5.71 Å². The zero-order valence-corrected chi connectivity index (χ0v) is 13.2. The Morgan fingerprint density at radius 3 is 2.70 bits per heavy atom. The summed E-state index contributed by atoms with van der Waals surface area (Å²) in [5.41, 5.74) is 8.42. The van der Waals surface area contributed by atoms with Crippen LogP contribution in [0.5, 0.6) is 0 Å². The number of halogens is 1. The van der Waals surface area contributed by atoms with E-state index >= 15 is 0 Å². The molecule has 1 heterocycles. The van der Waals surface area contributed by atoms with E-state index in [2.05, 4.69) is 10.5 Å². The van der Waals surface area contributed by atoms with E-state index in [1.807, 2.05) is 4.90 Å². The van der Waals surface area contributed by atoms with Crippen LogP contribution >= 0.6 is 11.6 Å². The molecule has 0 bridgehead atoms. The molecule has 1 aromatic rings. The lowest BCUT2D eigenvalue weighted by Crippen LogP contribution is -2.35. The first-order chi connectivity index (χ1) is 11.0. The van der Waals surface area contributed by atoms with Gasteiger partial charge in [-0.05, 0) is 37.5 Å². The number of nitrogens with zero attached hydrogens (tertiary/aromatic N) is 3. The molecule has 1 fully saturated rings. The summed E-state index contributed by atoms with van der Waals surface area (Å²) in [4.78, 5) is 14.3. The number of likely N-dealkylation sites (tertiary alicyclic amines) is 1. The van der Waals surface area contributed by atoms with E-state index in [1.165, 1.54) is 0 Å². The minimum absolute atomic E-state index is 0.0551. The number of hydrogen-bond donors (Lipinski definition) is 3. The molecule has 1 amide bonds. The number of hydrazone groups is 1. The Labute approximate surface area is 139 Å².